The maximum absolute atomic E-state index is 11.9. The number of carbonyl (C=O) groups excluding carboxylic acids is 1. The van der Waals surface area contributed by atoms with Crippen molar-refractivity contribution in [3.05, 3.63) is 108 Å². The van der Waals surface area contributed by atoms with Gasteiger partial charge in [0, 0.05) is 19.2 Å². The van der Waals surface area contributed by atoms with Crippen LogP contribution in [0.2, 0.25) is 0 Å². The quantitative estimate of drug-likeness (QED) is 0.358. The molecule has 4 aromatic rings. The molecule has 4 nitrogen and oxygen atoms in total. The summed E-state index contributed by atoms with van der Waals surface area (Å²) in [6.07, 6.45) is 0.690. The van der Waals surface area contributed by atoms with Crippen molar-refractivity contribution in [3.63, 3.8) is 0 Å². The molecule has 1 heterocycles. The highest BCUT2D eigenvalue weighted by Crippen LogP contribution is 2.34. The smallest absolute Gasteiger partial charge is 0.358 e. The van der Waals surface area contributed by atoms with Gasteiger partial charge in [-0.2, -0.15) is 5.10 Å². The zero-order valence-corrected chi connectivity index (χ0v) is 17.9. The summed E-state index contributed by atoms with van der Waals surface area (Å²) >= 11 is 0. The van der Waals surface area contributed by atoms with Crippen LogP contribution < -0.4 is 15.9 Å². The van der Waals surface area contributed by atoms with Crippen molar-refractivity contribution in [2.45, 2.75) is 6.42 Å². The lowest BCUT2D eigenvalue weighted by molar-refractivity contribution is 0.0593. The van der Waals surface area contributed by atoms with Gasteiger partial charge in [-0.1, -0.05) is 84.9 Å². The largest absolute Gasteiger partial charge is 0.464 e. The van der Waals surface area contributed by atoms with Crippen LogP contribution >= 0.6 is 7.92 Å². The molecular formula is C25H23N2O2P. The third-order valence-electron chi connectivity index (χ3n) is 5.00. The van der Waals surface area contributed by atoms with Gasteiger partial charge in [-0.15, -0.1) is 0 Å². The SMILES string of the molecule is COC(=O)c1cc(Cc2ccccc2P(c2ccccc2)c2ccccc2)n(C)n1. The van der Waals surface area contributed by atoms with Gasteiger partial charge in [0.2, 0.25) is 0 Å². The van der Waals surface area contributed by atoms with Crippen LogP contribution in [0, 0.1) is 0 Å². The number of nitrogens with zero attached hydrogens (tertiary/aromatic N) is 2. The Balaban J connectivity index is 1.78. The Labute approximate surface area is 177 Å². The van der Waals surface area contributed by atoms with Crippen molar-refractivity contribution >= 4 is 29.8 Å². The van der Waals surface area contributed by atoms with Crippen LogP contribution in [0.4, 0.5) is 0 Å². The van der Waals surface area contributed by atoms with Crippen molar-refractivity contribution in [3.8, 4) is 0 Å². The number of esters is 1. The van der Waals surface area contributed by atoms with E-state index < -0.39 is 13.9 Å². The molecule has 0 spiro atoms. The van der Waals surface area contributed by atoms with Gasteiger partial charge in [0.25, 0.3) is 0 Å². The number of aromatic nitrogens is 2. The molecule has 1 aromatic heterocycles. The van der Waals surface area contributed by atoms with E-state index in [9.17, 15) is 4.79 Å². The molecular weight excluding hydrogens is 391 g/mol. The second kappa shape index (κ2) is 9.06. The molecule has 0 aliphatic rings. The number of ether oxygens (including phenoxy) is 1. The molecule has 0 unspecified atom stereocenters. The van der Waals surface area contributed by atoms with Gasteiger partial charge in [-0.25, -0.2) is 4.79 Å². The number of methoxy groups -OCH3 is 1. The summed E-state index contributed by atoms with van der Waals surface area (Å²) in [6.45, 7) is 0. The number of rotatable bonds is 6. The normalized spacial score (nSPS) is 10.9. The van der Waals surface area contributed by atoms with Crippen LogP contribution in [0.1, 0.15) is 21.7 Å². The lowest BCUT2D eigenvalue weighted by atomic mass is 10.1. The summed E-state index contributed by atoms with van der Waals surface area (Å²) in [5, 5.41) is 8.25. The van der Waals surface area contributed by atoms with Gasteiger partial charge in [0.15, 0.2) is 5.69 Å². The van der Waals surface area contributed by atoms with Crippen LogP contribution in [0.25, 0.3) is 0 Å². The standard InChI is InChI=1S/C25H23N2O2P/c1-27-20(18-23(26-27)25(28)29-2)17-19-11-9-10-16-24(19)30(21-12-5-3-6-13-21)22-14-7-4-8-15-22/h3-16,18H,17H2,1-2H3. The molecule has 0 saturated carbocycles. The second-order valence-corrected chi connectivity index (χ2v) is 9.13. The Morgan fingerprint density at radius 2 is 1.47 bits per heavy atom. The Morgan fingerprint density at radius 3 is 2.07 bits per heavy atom. The highest BCUT2D eigenvalue weighted by Gasteiger charge is 2.20. The van der Waals surface area contributed by atoms with Gasteiger partial charge in [0.1, 0.15) is 0 Å². The Kier molecular flexibility index (Phi) is 6.06. The van der Waals surface area contributed by atoms with E-state index in [0.29, 0.717) is 12.1 Å². The second-order valence-electron chi connectivity index (χ2n) is 6.95. The van der Waals surface area contributed by atoms with Crippen LogP contribution in [0.3, 0.4) is 0 Å². The van der Waals surface area contributed by atoms with E-state index in [2.05, 4.69) is 90.0 Å². The number of aryl methyl sites for hydroxylation is 1. The molecule has 0 atom stereocenters. The van der Waals surface area contributed by atoms with Crippen molar-refractivity contribution < 1.29 is 9.53 Å². The van der Waals surface area contributed by atoms with Gasteiger partial charge >= 0.3 is 5.97 Å². The molecule has 0 radical (unpaired) electrons. The maximum Gasteiger partial charge on any atom is 0.358 e. The molecule has 0 aliphatic carbocycles. The van der Waals surface area contributed by atoms with E-state index >= 15 is 0 Å². The van der Waals surface area contributed by atoms with Crippen molar-refractivity contribution in [1.82, 2.24) is 9.78 Å². The third-order valence-corrected chi connectivity index (χ3v) is 7.55. The van der Waals surface area contributed by atoms with Crippen molar-refractivity contribution in [2.75, 3.05) is 7.11 Å². The molecule has 4 rings (SSSR count). The van der Waals surface area contributed by atoms with E-state index in [1.807, 2.05) is 13.1 Å². The van der Waals surface area contributed by atoms with Crippen LogP contribution in [0.5, 0.6) is 0 Å². The number of benzene rings is 3. The van der Waals surface area contributed by atoms with Gasteiger partial charge in [-0.05, 0) is 35.5 Å². The van der Waals surface area contributed by atoms with Crippen LogP contribution in [-0.2, 0) is 18.2 Å². The molecule has 5 heteroatoms. The number of hydrogen-bond donors (Lipinski definition) is 0. The fourth-order valence-electron chi connectivity index (χ4n) is 3.53. The van der Waals surface area contributed by atoms with Gasteiger partial charge in [-0.3, -0.25) is 4.68 Å². The minimum Gasteiger partial charge on any atom is -0.464 e. The van der Waals surface area contributed by atoms with E-state index in [1.54, 1.807) is 4.68 Å². The summed E-state index contributed by atoms with van der Waals surface area (Å²) in [4.78, 5) is 11.9. The molecule has 0 N–H and O–H groups in total. The lowest BCUT2D eigenvalue weighted by Gasteiger charge is -2.22. The summed E-state index contributed by atoms with van der Waals surface area (Å²) in [5.74, 6) is -0.416. The highest BCUT2D eigenvalue weighted by atomic mass is 31.1. The minimum absolute atomic E-state index is 0.334. The lowest BCUT2D eigenvalue weighted by Crippen LogP contribution is -2.23. The van der Waals surface area contributed by atoms with Crippen molar-refractivity contribution in [2.24, 2.45) is 7.05 Å². The van der Waals surface area contributed by atoms with E-state index in [0.717, 1.165) is 5.69 Å². The van der Waals surface area contributed by atoms with Crippen LogP contribution in [-0.4, -0.2) is 22.9 Å². The first-order valence-electron chi connectivity index (χ1n) is 9.76. The molecule has 0 bridgehead atoms. The monoisotopic (exact) mass is 414 g/mol. The fourth-order valence-corrected chi connectivity index (χ4v) is 6.00. The summed E-state index contributed by atoms with van der Waals surface area (Å²) in [5.41, 5.74) is 2.54. The van der Waals surface area contributed by atoms with Crippen molar-refractivity contribution in [1.29, 1.82) is 0 Å². The Bertz CT molecular complexity index is 1100. The Morgan fingerprint density at radius 1 is 0.900 bits per heavy atom. The fraction of sp³-hybridized carbons (Fsp3) is 0.120. The third kappa shape index (κ3) is 4.19. The van der Waals surface area contributed by atoms with Gasteiger partial charge in [0.05, 0.1) is 7.11 Å². The van der Waals surface area contributed by atoms with E-state index in [4.69, 9.17) is 4.74 Å². The number of carbonyl (C=O) groups is 1. The topological polar surface area (TPSA) is 44.1 Å². The summed E-state index contributed by atoms with van der Waals surface area (Å²) in [6, 6.07) is 31.7. The molecule has 0 fully saturated rings. The average Bonchev–Trinajstić information content (AvgIpc) is 3.16. The summed E-state index contributed by atoms with van der Waals surface area (Å²) in [7, 11) is 2.53. The first kappa shape index (κ1) is 20.1. The van der Waals surface area contributed by atoms with Gasteiger partial charge < -0.3 is 4.74 Å². The molecule has 150 valence electrons. The van der Waals surface area contributed by atoms with E-state index in [1.165, 1.54) is 28.6 Å². The molecule has 30 heavy (non-hydrogen) atoms. The predicted octanol–water partition coefficient (Wildman–Crippen LogP) is 3.56. The molecule has 0 aliphatic heterocycles. The molecule has 0 saturated heterocycles. The maximum atomic E-state index is 11.9. The summed E-state index contributed by atoms with van der Waals surface area (Å²) < 4.78 is 6.58. The Hall–Kier alpha value is -3.23. The molecule has 3 aromatic carbocycles. The van der Waals surface area contributed by atoms with Crippen LogP contribution in [0.15, 0.2) is 91.0 Å². The highest BCUT2D eigenvalue weighted by molar-refractivity contribution is 7.79. The predicted molar refractivity (Wildman–Crippen MR) is 123 cm³/mol. The zero-order chi connectivity index (χ0) is 20.9. The minimum atomic E-state index is -0.703. The first-order valence-corrected chi connectivity index (χ1v) is 11.1. The zero-order valence-electron chi connectivity index (χ0n) is 17.0. The average molecular weight is 414 g/mol. The van der Waals surface area contributed by atoms with E-state index in [-0.39, 0.29) is 0 Å². The molecule has 0 amide bonds. The first-order chi connectivity index (χ1) is 14.7. The number of hydrogen-bond acceptors (Lipinski definition) is 3.